The van der Waals surface area contributed by atoms with Crippen molar-refractivity contribution in [2.75, 3.05) is 0 Å². The van der Waals surface area contributed by atoms with Gasteiger partial charge in [0.15, 0.2) is 0 Å². The molecular weight excluding hydrogens is 242 g/mol. The van der Waals surface area contributed by atoms with Crippen LogP contribution in [0.3, 0.4) is 0 Å². The number of aryl methyl sites for hydroxylation is 1. The standard InChI is InChI=1S/C15H19NO3/c1-15(2,3)19-14(17)9-10-4-6-12-11(8-10)5-7-13(12)16-18/h4,6,8,18H,5,7,9H2,1-3H3/b16-13-. The first-order valence-corrected chi connectivity index (χ1v) is 6.44. The highest BCUT2D eigenvalue weighted by atomic mass is 16.6. The fourth-order valence-electron chi connectivity index (χ4n) is 2.28. The molecule has 0 spiro atoms. The lowest BCUT2D eigenvalue weighted by atomic mass is 10.0. The molecule has 1 aliphatic rings. The minimum Gasteiger partial charge on any atom is -0.460 e. The van der Waals surface area contributed by atoms with Gasteiger partial charge in [-0.05, 0) is 44.7 Å². The van der Waals surface area contributed by atoms with Gasteiger partial charge in [-0.25, -0.2) is 0 Å². The Morgan fingerprint density at radius 3 is 2.74 bits per heavy atom. The molecule has 2 rings (SSSR count). The molecule has 0 amide bonds. The first-order chi connectivity index (χ1) is 8.89. The van der Waals surface area contributed by atoms with E-state index in [0.717, 1.165) is 35.2 Å². The average Bonchev–Trinajstić information content (AvgIpc) is 2.68. The molecule has 4 nitrogen and oxygen atoms in total. The Bertz CT molecular complexity index is 527. The summed E-state index contributed by atoms with van der Waals surface area (Å²) >= 11 is 0. The van der Waals surface area contributed by atoms with Gasteiger partial charge >= 0.3 is 5.97 Å². The lowest BCUT2D eigenvalue weighted by Crippen LogP contribution is -2.24. The SMILES string of the molecule is CC(C)(C)OC(=O)Cc1ccc2c(c1)CC/C2=N/O. The van der Waals surface area contributed by atoms with Gasteiger partial charge in [0.1, 0.15) is 5.60 Å². The zero-order valence-electron chi connectivity index (χ0n) is 11.6. The lowest BCUT2D eigenvalue weighted by Gasteiger charge is -2.19. The Morgan fingerprint density at radius 1 is 1.37 bits per heavy atom. The number of carbonyl (C=O) groups is 1. The maximum atomic E-state index is 11.8. The summed E-state index contributed by atoms with van der Waals surface area (Å²) < 4.78 is 5.30. The van der Waals surface area contributed by atoms with Gasteiger partial charge in [0.05, 0.1) is 12.1 Å². The van der Waals surface area contributed by atoms with Gasteiger partial charge in [0.2, 0.25) is 0 Å². The van der Waals surface area contributed by atoms with Crippen molar-refractivity contribution in [2.45, 2.75) is 45.6 Å². The number of rotatable bonds is 2. The van der Waals surface area contributed by atoms with Crippen molar-refractivity contribution < 1.29 is 14.7 Å². The molecule has 19 heavy (non-hydrogen) atoms. The molecule has 1 aromatic rings. The van der Waals surface area contributed by atoms with E-state index in [2.05, 4.69) is 5.16 Å². The van der Waals surface area contributed by atoms with Gasteiger partial charge in [-0.3, -0.25) is 4.79 Å². The fourth-order valence-corrected chi connectivity index (χ4v) is 2.28. The first kappa shape index (κ1) is 13.6. The van der Waals surface area contributed by atoms with Crippen LogP contribution < -0.4 is 0 Å². The first-order valence-electron chi connectivity index (χ1n) is 6.44. The Balaban J connectivity index is 2.10. The molecule has 1 aromatic carbocycles. The van der Waals surface area contributed by atoms with E-state index in [0.29, 0.717) is 0 Å². The molecule has 0 atom stereocenters. The van der Waals surface area contributed by atoms with E-state index in [1.54, 1.807) is 0 Å². The van der Waals surface area contributed by atoms with Crippen molar-refractivity contribution in [3.8, 4) is 0 Å². The molecule has 4 heteroatoms. The minimum atomic E-state index is -0.454. The number of benzene rings is 1. The Hall–Kier alpha value is -1.84. The van der Waals surface area contributed by atoms with Crippen LogP contribution in [0.15, 0.2) is 23.4 Å². The van der Waals surface area contributed by atoms with Crippen LogP contribution in [-0.2, 0) is 22.4 Å². The predicted molar refractivity (Wildman–Crippen MR) is 72.6 cm³/mol. The maximum absolute atomic E-state index is 11.8. The lowest BCUT2D eigenvalue weighted by molar-refractivity contribution is -0.153. The average molecular weight is 261 g/mol. The van der Waals surface area contributed by atoms with E-state index < -0.39 is 5.60 Å². The van der Waals surface area contributed by atoms with Gasteiger partial charge in [-0.1, -0.05) is 23.4 Å². The molecular formula is C15H19NO3. The van der Waals surface area contributed by atoms with Crippen molar-refractivity contribution in [1.82, 2.24) is 0 Å². The molecule has 0 bridgehead atoms. The van der Waals surface area contributed by atoms with Crippen molar-refractivity contribution in [2.24, 2.45) is 5.16 Å². The van der Waals surface area contributed by atoms with Gasteiger partial charge in [0.25, 0.3) is 0 Å². The number of nitrogens with zero attached hydrogens (tertiary/aromatic N) is 1. The highest BCUT2D eigenvalue weighted by Crippen LogP contribution is 2.24. The molecule has 1 N–H and O–H groups in total. The van der Waals surface area contributed by atoms with E-state index in [9.17, 15) is 4.79 Å². The molecule has 0 saturated carbocycles. The Kier molecular flexibility index (Phi) is 3.60. The van der Waals surface area contributed by atoms with Crippen molar-refractivity contribution in [1.29, 1.82) is 0 Å². The Labute approximate surface area is 113 Å². The number of esters is 1. The van der Waals surface area contributed by atoms with Crippen LogP contribution in [0.4, 0.5) is 0 Å². The summed E-state index contributed by atoms with van der Waals surface area (Å²) in [6.07, 6.45) is 1.88. The van der Waals surface area contributed by atoms with Crippen LogP contribution in [-0.4, -0.2) is 22.5 Å². The summed E-state index contributed by atoms with van der Waals surface area (Å²) in [5.74, 6) is -0.221. The molecule has 0 fully saturated rings. The number of ether oxygens (including phenoxy) is 1. The molecule has 0 aromatic heterocycles. The molecule has 0 saturated heterocycles. The summed E-state index contributed by atoms with van der Waals surface area (Å²) in [4.78, 5) is 11.8. The summed E-state index contributed by atoms with van der Waals surface area (Å²) in [7, 11) is 0. The third-order valence-electron chi connectivity index (χ3n) is 3.00. The molecule has 0 radical (unpaired) electrons. The van der Waals surface area contributed by atoms with Crippen LogP contribution >= 0.6 is 0 Å². The Morgan fingerprint density at radius 2 is 2.11 bits per heavy atom. The normalized spacial score (nSPS) is 16.5. The number of fused-ring (bicyclic) bond motifs is 1. The summed E-state index contributed by atoms with van der Waals surface area (Å²) in [6.45, 7) is 5.58. The zero-order valence-corrected chi connectivity index (χ0v) is 11.6. The van der Waals surface area contributed by atoms with E-state index in [1.807, 2.05) is 39.0 Å². The molecule has 102 valence electrons. The van der Waals surface area contributed by atoms with Crippen LogP contribution in [0.1, 0.15) is 43.9 Å². The largest absolute Gasteiger partial charge is 0.460 e. The monoisotopic (exact) mass is 261 g/mol. The van der Waals surface area contributed by atoms with Crippen molar-refractivity contribution in [3.63, 3.8) is 0 Å². The quantitative estimate of drug-likeness (QED) is 0.506. The molecule has 0 heterocycles. The maximum Gasteiger partial charge on any atom is 0.310 e. The van der Waals surface area contributed by atoms with Crippen molar-refractivity contribution in [3.05, 3.63) is 34.9 Å². The third kappa shape index (κ3) is 3.34. The zero-order chi connectivity index (χ0) is 14.0. The molecule has 1 aliphatic carbocycles. The number of oxime groups is 1. The summed E-state index contributed by atoms with van der Waals surface area (Å²) in [5, 5.41) is 12.2. The van der Waals surface area contributed by atoms with E-state index in [1.165, 1.54) is 0 Å². The second-order valence-electron chi connectivity index (χ2n) is 5.80. The highest BCUT2D eigenvalue weighted by Gasteiger charge is 2.20. The van der Waals surface area contributed by atoms with Gasteiger partial charge in [-0.2, -0.15) is 0 Å². The topological polar surface area (TPSA) is 58.9 Å². The number of hydrogen-bond donors (Lipinski definition) is 1. The van der Waals surface area contributed by atoms with Crippen molar-refractivity contribution >= 4 is 11.7 Å². The third-order valence-corrected chi connectivity index (χ3v) is 3.00. The molecule has 0 aliphatic heterocycles. The minimum absolute atomic E-state index is 0.221. The smallest absolute Gasteiger partial charge is 0.310 e. The molecule has 0 unspecified atom stereocenters. The van der Waals surface area contributed by atoms with Crippen LogP contribution in [0.2, 0.25) is 0 Å². The predicted octanol–water partition coefficient (Wildman–Crippen LogP) is 2.70. The van der Waals surface area contributed by atoms with E-state index >= 15 is 0 Å². The summed E-state index contributed by atoms with van der Waals surface area (Å²) in [6, 6.07) is 5.80. The second kappa shape index (κ2) is 5.03. The second-order valence-corrected chi connectivity index (χ2v) is 5.80. The van der Waals surface area contributed by atoms with Gasteiger partial charge in [0, 0.05) is 5.56 Å². The number of carbonyl (C=O) groups excluding carboxylic acids is 1. The summed E-state index contributed by atoms with van der Waals surface area (Å²) in [5.41, 5.74) is 3.32. The van der Waals surface area contributed by atoms with Gasteiger partial charge in [-0.15, -0.1) is 0 Å². The van der Waals surface area contributed by atoms with Crippen LogP contribution in [0.5, 0.6) is 0 Å². The fraction of sp³-hybridized carbons (Fsp3) is 0.467. The van der Waals surface area contributed by atoms with E-state index in [4.69, 9.17) is 9.94 Å². The van der Waals surface area contributed by atoms with Crippen LogP contribution in [0.25, 0.3) is 0 Å². The highest BCUT2D eigenvalue weighted by molar-refractivity contribution is 6.04. The number of hydrogen-bond acceptors (Lipinski definition) is 4. The van der Waals surface area contributed by atoms with Crippen LogP contribution in [0, 0.1) is 0 Å². The van der Waals surface area contributed by atoms with Gasteiger partial charge < -0.3 is 9.94 Å². The van der Waals surface area contributed by atoms with E-state index in [-0.39, 0.29) is 12.4 Å².